The maximum Gasteiger partial charge on any atom is 0.435 e. The van der Waals surface area contributed by atoms with Crippen molar-refractivity contribution in [1.82, 2.24) is 5.32 Å². The molecule has 0 bridgehead atoms. The number of rotatable bonds is 6. The third-order valence-corrected chi connectivity index (χ3v) is 5.64. The molecule has 12 heteroatoms. The molecule has 0 fully saturated rings. The first-order chi connectivity index (χ1) is 17.2. The van der Waals surface area contributed by atoms with Crippen LogP contribution in [0.4, 0.5) is 41.2 Å². The average Bonchev–Trinajstić information content (AvgIpc) is 2.75. The van der Waals surface area contributed by atoms with Crippen LogP contribution in [-0.4, -0.2) is 30.0 Å². The predicted molar refractivity (Wildman–Crippen MR) is 128 cm³/mol. The van der Waals surface area contributed by atoms with Crippen molar-refractivity contribution in [2.45, 2.75) is 78.1 Å². The summed E-state index contributed by atoms with van der Waals surface area (Å²) >= 11 is 0. The molecule has 2 aromatic carbocycles. The normalized spacial score (nSPS) is 12.8. The van der Waals surface area contributed by atoms with Gasteiger partial charge in [-0.15, -0.1) is 0 Å². The SMILES string of the molecule is CCc1cc(C(F)(C(F)(F)F)C(F)(F)F)cc(C)c1NC(=O)c1ccc(CNC(=O)OC(C)(C)C)c(C)c1. The number of alkyl carbamates (subject to hydrolysis) is 1. The second-order valence-corrected chi connectivity index (χ2v) is 9.79. The van der Waals surface area contributed by atoms with Crippen LogP contribution in [0.1, 0.15) is 65.9 Å². The van der Waals surface area contributed by atoms with Crippen LogP contribution in [-0.2, 0) is 23.4 Å². The Morgan fingerprint density at radius 1 is 0.842 bits per heavy atom. The van der Waals surface area contributed by atoms with Crippen molar-refractivity contribution < 1.29 is 45.1 Å². The number of halogens is 7. The van der Waals surface area contributed by atoms with Crippen LogP contribution < -0.4 is 10.6 Å². The molecule has 0 atom stereocenters. The van der Waals surface area contributed by atoms with Crippen molar-refractivity contribution in [2.75, 3.05) is 5.32 Å². The van der Waals surface area contributed by atoms with Crippen molar-refractivity contribution >= 4 is 17.7 Å². The van der Waals surface area contributed by atoms with E-state index in [1.165, 1.54) is 26.0 Å². The maximum absolute atomic E-state index is 14.6. The van der Waals surface area contributed by atoms with Crippen LogP contribution in [0.2, 0.25) is 0 Å². The van der Waals surface area contributed by atoms with Crippen LogP contribution in [0, 0.1) is 13.8 Å². The number of carbonyl (C=O) groups is 2. The summed E-state index contributed by atoms with van der Waals surface area (Å²) in [7, 11) is 0. The molecular weight excluding hydrogens is 521 g/mol. The van der Waals surface area contributed by atoms with E-state index in [1.54, 1.807) is 33.8 Å². The summed E-state index contributed by atoms with van der Waals surface area (Å²) < 4.78 is 99.2. The van der Waals surface area contributed by atoms with Crippen LogP contribution in [0.5, 0.6) is 0 Å². The summed E-state index contributed by atoms with van der Waals surface area (Å²) in [6, 6.07) is 5.45. The van der Waals surface area contributed by atoms with Crippen molar-refractivity contribution in [3.8, 4) is 0 Å². The van der Waals surface area contributed by atoms with Gasteiger partial charge < -0.3 is 15.4 Å². The van der Waals surface area contributed by atoms with E-state index in [-0.39, 0.29) is 35.3 Å². The molecule has 0 aliphatic heterocycles. The van der Waals surface area contributed by atoms with E-state index in [0.717, 1.165) is 0 Å². The first kappa shape index (κ1) is 30.9. The molecule has 2 aromatic rings. The highest BCUT2D eigenvalue weighted by Crippen LogP contribution is 2.53. The molecule has 38 heavy (non-hydrogen) atoms. The molecule has 210 valence electrons. The Morgan fingerprint density at radius 3 is 1.89 bits per heavy atom. The Labute approximate surface area is 215 Å². The summed E-state index contributed by atoms with van der Waals surface area (Å²) in [5, 5.41) is 5.10. The maximum atomic E-state index is 14.6. The Balaban J connectivity index is 2.32. The standard InChI is InChI=1S/C26H29F7N2O3/c1-7-16-12-19(24(27,25(28,29)30)26(31,32)33)11-15(3)20(16)35-21(36)17-8-9-18(14(2)10-17)13-34-22(37)38-23(4,5)6/h8-12H,7,13H2,1-6H3,(H,34,37)(H,35,36). The third-order valence-electron chi connectivity index (χ3n) is 5.64. The number of hydrogen-bond acceptors (Lipinski definition) is 3. The number of carbonyl (C=O) groups excluding carboxylic acids is 2. The van der Waals surface area contributed by atoms with Gasteiger partial charge in [-0.2, -0.15) is 26.3 Å². The molecule has 2 rings (SSSR count). The lowest BCUT2D eigenvalue weighted by Gasteiger charge is -2.31. The quantitative estimate of drug-likeness (QED) is 0.368. The number of anilines is 1. The number of amides is 2. The molecule has 0 heterocycles. The number of alkyl halides is 7. The van der Waals surface area contributed by atoms with Crippen molar-refractivity contribution in [1.29, 1.82) is 0 Å². The Hall–Kier alpha value is -3.31. The zero-order valence-electron chi connectivity index (χ0n) is 21.7. The van der Waals surface area contributed by atoms with E-state index < -0.39 is 41.2 Å². The summed E-state index contributed by atoms with van der Waals surface area (Å²) in [6.45, 7) is 9.58. The molecule has 0 spiro atoms. The van der Waals surface area contributed by atoms with Crippen LogP contribution in [0.15, 0.2) is 30.3 Å². The van der Waals surface area contributed by atoms with Gasteiger partial charge in [0.1, 0.15) is 5.60 Å². The fourth-order valence-electron chi connectivity index (χ4n) is 3.71. The van der Waals surface area contributed by atoms with Gasteiger partial charge in [0, 0.05) is 23.4 Å². The lowest BCUT2D eigenvalue weighted by molar-refractivity contribution is -0.348. The van der Waals surface area contributed by atoms with Gasteiger partial charge in [-0.3, -0.25) is 4.79 Å². The van der Waals surface area contributed by atoms with Crippen LogP contribution in [0.25, 0.3) is 0 Å². The monoisotopic (exact) mass is 550 g/mol. The Kier molecular flexibility index (Phi) is 8.80. The first-order valence-corrected chi connectivity index (χ1v) is 11.5. The topological polar surface area (TPSA) is 67.4 Å². The molecule has 0 aliphatic rings. The Bertz CT molecular complexity index is 1190. The highest BCUT2D eigenvalue weighted by Gasteiger charge is 2.73. The first-order valence-electron chi connectivity index (χ1n) is 11.5. The smallest absolute Gasteiger partial charge is 0.435 e. The molecule has 2 amide bonds. The number of hydrogen-bond donors (Lipinski definition) is 2. The largest absolute Gasteiger partial charge is 0.444 e. The predicted octanol–water partition coefficient (Wildman–Crippen LogP) is 7.43. The zero-order valence-corrected chi connectivity index (χ0v) is 21.7. The highest BCUT2D eigenvalue weighted by molar-refractivity contribution is 6.05. The summed E-state index contributed by atoms with van der Waals surface area (Å²) in [5.41, 5.74) is -6.67. The minimum absolute atomic E-state index is 0.0127. The van der Waals surface area contributed by atoms with Crippen LogP contribution >= 0.6 is 0 Å². The summed E-state index contributed by atoms with van der Waals surface area (Å²) in [6.07, 6.45) is -13.2. The van der Waals surface area contributed by atoms with E-state index >= 15 is 0 Å². The molecule has 0 unspecified atom stereocenters. The zero-order chi connectivity index (χ0) is 29.3. The van der Waals surface area contributed by atoms with Gasteiger partial charge in [-0.1, -0.05) is 19.1 Å². The minimum atomic E-state index is -6.24. The molecule has 0 radical (unpaired) electrons. The van der Waals surface area contributed by atoms with Gasteiger partial charge in [-0.05, 0) is 81.5 Å². The van der Waals surface area contributed by atoms with Crippen molar-refractivity contribution in [3.63, 3.8) is 0 Å². The molecule has 0 aromatic heterocycles. The lowest BCUT2D eigenvalue weighted by atomic mass is 9.89. The fraction of sp³-hybridized carbons (Fsp3) is 0.462. The van der Waals surface area contributed by atoms with E-state index in [9.17, 15) is 40.3 Å². The molecule has 0 saturated carbocycles. The second kappa shape index (κ2) is 10.8. The van der Waals surface area contributed by atoms with Gasteiger partial charge in [0.2, 0.25) is 0 Å². The third kappa shape index (κ3) is 6.76. The lowest BCUT2D eigenvalue weighted by Crippen LogP contribution is -2.50. The second-order valence-electron chi connectivity index (χ2n) is 9.79. The van der Waals surface area contributed by atoms with Gasteiger partial charge in [0.25, 0.3) is 5.91 Å². The molecule has 2 N–H and O–H groups in total. The van der Waals surface area contributed by atoms with E-state index in [0.29, 0.717) is 23.3 Å². The molecular formula is C26H29F7N2O3. The van der Waals surface area contributed by atoms with Crippen LogP contribution in [0.3, 0.4) is 0 Å². The van der Waals surface area contributed by atoms with Gasteiger partial charge in [0.15, 0.2) is 0 Å². The number of nitrogens with one attached hydrogen (secondary N) is 2. The highest BCUT2D eigenvalue weighted by atomic mass is 19.4. The van der Waals surface area contributed by atoms with Gasteiger partial charge in [0.05, 0.1) is 0 Å². The summed E-state index contributed by atoms with van der Waals surface area (Å²) in [5.74, 6) is -0.677. The van der Waals surface area contributed by atoms with Gasteiger partial charge in [-0.25, -0.2) is 9.18 Å². The molecule has 5 nitrogen and oxygen atoms in total. The number of aryl methyl sites for hydroxylation is 3. The van der Waals surface area contributed by atoms with Crippen molar-refractivity contribution in [2.24, 2.45) is 0 Å². The molecule has 0 aliphatic carbocycles. The Morgan fingerprint density at radius 2 is 1.42 bits per heavy atom. The van der Waals surface area contributed by atoms with Gasteiger partial charge >= 0.3 is 24.1 Å². The number of benzene rings is 2. The van der Waals surface area contributed by atoms with Crippen molar-refractivity contribution in [3.05, 3.63) is 63.7 Å². The number of ether oxygens (including phenoxy) is 1. The van der Waals surface area contributed by atoms with E-state index in [1.807, 2.05) is 0 Å². The minimum Gasteiger partial charge on any atom is -0.444 e. The average molecular weight is 551 g/mol. The van der Waals surface area contributed by atoms with E-state index in [4.69, 9.17) is 4.74 Å². The summed E-state index contributed by atoms with van der Waals surface area (Å²) in [4.78, 5) is 24.8. The van der Waals surface area contributed by atoms with E-state index in [2.05, 4.69) is 10.6 Å². The molecule has 0 saturated heterocycles. The fourth-order valence-corrected chi connectivity index (χ4v) is 3.71.